The number of carbonyl (C=O) groups is 3. The van der Waals surface area contributed by atoms with E-state index in [-0.39, 0.29) is 48.4 Å². The molecule has 182 valence electrons. The number of rotatable bonds is 7. The van der Waals surface area contributed by atoms with E-state index in [1.807, 2.05) is 0 Å². The summed E-state index contributed by atoms with van der Waals surface area (Å²) >= 11 is 0. The van der Waals surface area contributed by atoms with Gasteiger partial charge >= 0.3 is 6.03 Å². The molecule has 2 fully saturated rings. The Morgan fingerprint density at radius 1 is 1.24 bits per heavy atom. The average molecular weight is 493 g/mol. The molecule has 2 aliphatic heterocycles. The molecule has 2 aliphatic rings. The van der Waals surface area contributed by atoms with E-state index in [9.17, 15) is 22.8 Å². The zero-order valence-corrected chi connectivity index (χ0v) is 19.4. The van der Waals surface area contributed by atoms with E-state index in [0.29, 0.717) is 0 Å². The van der Waals surface area contributed by atoms with Crippen molar-refractivity contribution < 1.29 is 36.7 Å². The molecule has 13 heteroatoms. The number of sulfonamides is 1. The number of hydrogen-bond donors (Lipinski definition) is 2. The van der Waals surface area contributed by atoms with Crippen molar-refractivity contribution in [3.8, 4) is 5.75 Å². The SMILES string of the molecule is COc1ccc(NC(=O)CN2C(=O)NC(C)(c3ccco3)C2=O)cc1S(=O)(=O)N1CCOCC1. The summed E-state index contributed by atoms with van der Waals surface area (Å²) in [6.45, 7) is 1.86. The first-order valence-electron chi connectivity index (χ1n) is 10.4. The van der Waals surface area contributed by atoms with Gasteiger partial charge in [-0.2, -0.15) is 4.31 Å². The van der Waals surface area contributed by atoms with Crippen LogP contribution in [-0.2, 0) is 29.9 Å². The fraction of sp³-hybridized carbons (Fsp3) is 0.381. The maximum atomic E-state index is 13.1. The second kappa shape index (κ2) is 9.08. The zero-order valence-electron chi connectivity index (χ0n) is 18.6. The minimum absolute atomic E-state index is 0.116. The number of morpholine rings is 1. The van der Waals surface area contributed by atoms with Gasteiger partial charge in [-0.05, 0) is 37.3 Å². The molecule has 4 rings (SSSR count). The number of anilines is 1. The van der Waals surface area contributed by atoms with Crippen molar-refractivity contribution in [2.45, 2.75) is 17.4 Å². The molecule has 0 spiro atoms. The Balaban J connectivity index is 1.51. The Bertz CT molecular complexity index is 1210. The molecular weight excluding hydrogens is 468 g/mol. The van der Waals surface area contributed by atoms with Crippen LogP contribution in [0.5, 0.6) is 5.75 Å². The second-order valence-electron chi connectivity index (χ2n) is 7.85. The van der Waals surface area contributed by atoms with Gasteiger partial charge in [0.05, 0.1) is 26.6 Å². The van der Waals surface area contributed by atoms with Crippen molar-refractivity contribution in [1.82, 2.24) is 14.5 Å². The van der Waals surface area contributed by atoms with Crippen LogP contribution < -0.4 is 15.4 Å². The van der Waals surface area contributed by atoms with Crippen LogP contribution in [0.1, 0.15) is 12.7 Å². The van der Waals surface area contributed by atoms with Crippen LogP contribution in [0.4, 0.5) is 10.5 Å². The second-order valence-corrected chi connectivity index (χ2v) is 9.76. The molecule has 1 atom stereocenters. The molecule has 3 heterocycles. The standard InChI is InChI=1S/C21H24N4O8S/c1-21(17-4-3-9-33-17)19(27)25(20(28)23-21)13-18(26)22-14-5-6-15(31-2)16(12-14)34(29,30)24-7-10-32-11-8-24/h3-6,9,12H,7-8,10-11,13H2,1-2H3,(H,22,26)(H,23,28). The van der Waals surface area contributed by atoms with E-state index in [4.69, 9.17) is 13.9 Å². The summed E-state index contributed by atoms with van der Waals surface area (Å²) in [6, 6.07) is 6.56. The molecule has 2 N–H and O–H groups in total. The number of amides is 4. The van der Waals surface area contributed by atoms with Crippen LogP contribution >= 0.6 is 0 Å². The first-order valence-corrected chi connectivity index (χ1v) is 11.8. The van der Waals surface area contributed by atoms with E-state index in [0.717, 1.165) is 4.90 Å². The number of urea groups is 1. The summed E-state index contributed by atoms with van der Waals surface area (Å²) in [7, 11) is -2.56. The highest BCUT2D eigenvalue weighted by Crippen LogP contribution is 2.31. The first-order chi connectivity index (χ1) is 16.2. The molecule has 0 aliphatic carbocycles. The van der Waals surface area contributed by atoms with E-state index >= 15 is 0 Å². The topological polar surface area (TPSA) is 147 Å². The number of imide groups is 1. The summed E-state index contributed by atoms with van der Waals surface area (Å²) in [6.07, 6.45) is 1.38. The normalized spacial score (nSPS) is 21.4. The van der Waals surface area contributed by atoms with Crippen LogP contribution in [0.25, 0.3) is 0 Å². The third-order valence-electron chi connectivity index (χ3n) is 5.63. The number of nitrogens with zero attached hydrogens (tertiary/aromatic N) is 2. The molecule has 0 saturated carbocycles. The largest absolute Gasteiger partial charge is 0.495 e. The van der Waals surface area contributed by atoms with Crippen molar-refractivity contribution in [2.75, 3.05) is 45.3 Å². The molecule has 1 aromatic heterocycles. The molecule has 12 nitrogen and oxygen atoms in total. The number of methoxy groups -OCH3 is 1. The van der Waals surface area contributed by atoms with Crippen molar-refractivity contribution >= 4 is 33.6 Å². The van der Waals surface area contributed by atoms with Gasteiger partial charge in [-0.3, -0.25) is 14.5 Å². The third-order valence-corrected chi connectivity index (χ3v) is 7.55. The van der Waals surface area contributed by atoms with Gasteiger partial charge in [0.1, 0.15) is 22.9 Å². The molecule has 0 bridgehead atoms. The van der Waals surface area contributed by atoms with E-state index < -0.39 is 40.0 Å². The predicted molar refractivity (Wildman–Crippen MR) is 118 cm³/mol. The number of furan rings is 1. The van der Waals surface area contributed by atoms with Gasteiger partial charge in [0, 0.05) is 18.8 Å². The van der Waals surface area contributed by atoms with Gasteiger partial charge in [-0.1, -0.05) is 0 Å². The fourth-order valence-electron chi connectivity index (χ4n) is 3.80. The molecule has 2 aromatic rings. The van der Waals surface area contributed by atoms with Crippen LogP contribution in [0.15, 0.2) is 45.9 Å². The lowest BCUT2D eigenvalue weighted by Crippen LogP contribution is -2.42. The van der Waals surface area contributed by atoms with Gasteiger partial charge in [-0.15, -0.1) is 0 Å². The zero-order chi connectivity index (χ0) is 24.5. The summed E-state index contributed by atoms with van der Waals surface area (Å²) < 4.78 is 43.2. The lowest BCUT2D eigenvalue weighted by molar-refractivity contribution is -0.134. The Morgan fingerprint density at radius 3 is 2.62 bits per heavy atom. The Hall–Kier alpha value is -3.42. The van der Waals surface area contributed by atoms with Crippen molar-refractivity contribution in [3.05, 3.63) is 42.4 Å². The summed E-state index contributed by atoms with van der Waals surface area (Å²) in [5.41, 5.74) is -1.26. The van der Waals surface area contributed by atoms with Gasteiger partial charge in [0.15, 0.2) is 5.54 Å². The lowest BCUT2D eigenvalue weighted by atomic mass is 9.99. The monoisotopic (exact) mass is 492 g/mol. The van der Waals surface area contributed by atoms with Crippen LogP contribution in [0.3, 0.4) is 0 Å². The number of benzene rings is 1. The van der Waals surface area contributed by atoms with E-state index in [2.05, 4.69) is 10.6 Å². The summed E-state index contributed by atoms with van der Waals surface area (Å²) in [5, 5.41) is 5.07. The summed E-state index contributed by atoms with van der Waals surface area (Å²) in [4.78, 5) is 38.6. The number of hydrogen-bond acceptors (Lipinski definition) is 8. The molecular formula is C21H24N4O8S. The maximum Gasteiger partial charge on any atom is 0.325 e. The predicted octanol–water partition coefficient (Wildman–Crippen LogP) is 0.715. The minimum Gasteiger partial charge on any atom is -0.495 e. The minimum atomic E-state index is -3.91. The average Bonchev–Trinajstić information content (AvgIpc) is 3.44. The van der Waals surface area contributed by atoms with Crippen LogP contribution in [0, 0.1) is 0 Å². The molecule has 0 radical (unpaired) electrons. The number of ether oxygens (including phenoxy) is 2. The van der Waals surface area contributed by atoms with Gasteiger partial charge < -0.3 is 24.5 Å². The van der Waals surface area contributed by atoms with Crippen LogP contribution in [0.2, 0.25) is 0 Å². The molecule has 1 aromatic carbocycles. The molecule has 4 amide bonds. The fourth-order valence-corrected chi connectivity index (χ4v) is 5.39. The Kier molecular flexibility index (Phi) is 6.34. The smallest absolute Gasteiger partial charge is 0.325 e. The van der Waals surface area contributed by atoms with Gasteiger partial charge in [-0.25, -0.2) is 13.2 Å². The molecule has 34 heavy (non-hydrogen) atoms. The lowest BCUT2D eigenvalue weighted by Gasteiger charge is -2.26. The van der Waals surface area contributed by atoms with E-state index in [1.165, 1.54) is 42.8 Å². The van der Waals surface area contributed by atoms with Crippen molar-refractivity contribution in [2.24, 2.45) is 0 Å². The number of carbonyl (C=O) groups excluding carboxylic acids is 3. The molecule has 2 saturated heterocycles. The van der Waals surface area contributed by atoms with Crippen molar-refractivity contribution in [1.29, 1.82) is 0 Å². The molecule has 1 unspecified atom stereocenters. The van der Waals surface area contributed by atoms with Gasteiger partial charge in [0.25, 0.3) is 5.91 Å². The quantitative estimate of drug-likeness (QED) is 0.537. The number of nitrogens with one attached hydrogen (secondary N) is 2. The summed E-state index contributed by atoms with van der Waals surface area (Å²) in [5.74, 6) is -0.977. The highest BCUT2D eigenvalue weighted by Gasteiger charge is 2.51. The first kappa shape index (κ1) is 23.7. The Labute approximate surface area is 195 Å². The third kappa shape index (κ3) is 4.24. The highest BCUT2D eigenvalue weighted by molar-refractivity contribution is 7.89. The maximum absolute atomic E-state index is 13.1. The van der Waals surface area contributed by atoms with Crippen molar-refractivity contribution in [3.63, 3.8) is 0 Å². The van der Waals surface area contributed by atoms with Gasteiger partial charge in [0.2, 0.25) is 15.9 Å². The van der Waals surface area contributed by atoms with Crippen LogP contribution in [-0.4, -0.2) is 75.4 Å². The Morgan fingerprint density at radius 2 is 1.97 bits per heavy atom. The highest BCUT2D eigenvalue weighted by atomic mass is 32.2. The van der Waals surface area contributed by atoms with E-state index in [1.54, 1.807) is 12.1 Å².